The highest BCUT2D eigenvalue weighted by atomic mass is 16.5. The molecule has 0 bridgehead atoms. The summed E-state index contributed by atoms with van der Waals surface area (Å²) in [5, 5.41) is 0. The minimum atomic E-state index is 0.0752. The molecule has 1 fully saturated rings. The standard InChI is InChI=1S/C14H21N3O2/c1-10-9-11(3-6-13(10)16-15)14(18)17(7-8-19-2)12-4-5-12/h3,6,9,12,16H,4-5,7-8,15H2,1-2H3. The minimum Gasteiger partial charge on any atom is -0.383 e. The molecule has 5 nitrogen and oxygen atoms in total. The number of benzene rings is 1. The van der Waals surface area contributed by atoms with Crippen LogP contribution in [0.2, 0.25) is 0 Å². The number of nitrogens with zero attached hydrogens (tertiary/aromatic N) is 1. The molecule has 1 aliphatic carbocycles. The van der Waals surface area contributed by atoms with E-state index in [1.165, 1.54) is 0 Å². The predicted octanol–water partition coefficient (Wildman–Crippen LogP) is 1.53. The molecule has 1 saturated carbocycles. The molecule has 5 heteroatoms. The largest absolute Gasteiger partial charge is 0.383 e. The molecule has 0 unspecified atom stereocenters. The zero-order valence-corrected chi connectivity index (χ0v) is 11.5. The lowest BCUT2D eigenvalue weighted by atomic mass is 10.1. The smallest absolute Gasteiger partial charge is 0.254 e. The van der Waals surface area contributed by atoms with Gasteiger partial charge in [0.25, 0.3) is 5.91 Å². The highest BCUT2D eigenvalue weighted by Gasteiger charge is 2.32. The van der Waals surface area contributed by atoms with Crippen LogP contribution in [0.4, 0.5) is 5.69 Å². The summed E-state index contributed by atoms with van der Waals surface area (Å²) in [6, 6.07) is 5.91. The Morgan fingerprint density at radius 2 is 2.26 bits per heavy atom. The van der Waals surface area contributed by atoms with Crippen molar-refractivity contribution in [3.8, 4) is 0 Å². The SMILES string of the molecule is COCCN(C(=O)c1ccc(NN)c(C)c1)C1CC1. The molecule has 1 amide bonds. The second-order valence-electron chi connectivity index (χ2n) is 4.90. The van der Waals surface area contributed by atoms with Gasteiger partial charge in [0, 0.05) is 25.3 Å². The topological polar surface area (TPSA) is 67.6 Å². The van der Waals surface area contributed by atoms with Gasteiger partial charge in [-0.25, -0.2) is 0 Å². The van der Waals surface area contributed by atoms with E-state index in [0.717, 1.165) is 24.1 Å². The van der Waals surface area contributed by atoms with Crippen LogP contribution in [-0.2, 0) is 4.74 Å². The first-order chi connectivity index (χ1) is 9.17. The number of hydrogen-bond acceptors (Lipinski definition) is 4. The maximum absolute atomic E-state index is 12.5. The lowest BCUT2D eigenvalue weighted by Crippen LogP contribution is -2.35. The van der Waals surface area contributed by atoms with E-state index in [2.05, 4.69) is 5.43 Å². The van der Waals surface area contributed by atoms with Gasteiger partial charge in [-0.1, -0.05) is 0 Å². The van der Waals surface area contributed by atoms with Crippen molar-refractivity contribution in [1.29, 1.82) is 0 Å². The molecule has 0 heterocycles. The molecule has 1 aromatic carbocycles. The third-order valence-corrected chi connectivity index (χ3v) is 3.41. The van der Waals surface area contributed by atoms with E-state index in [1.807, 2.05) is 30.0 Å². The summed E-state index contributed by atoms with van der Waals surface area (Å²) in [7, 11) is 1.65. The number of carbonyl (C=O) groups is 1. The number of aryl methyl sites for hydroxylation is 1. The number of methoxy groups -OCH3 is 1. The van der Waals surface area contributed by atoms with Gasteiger partial charge in [0.1, 0.15) is 0 Å². The van der Waals surface area contributed by atoms with Gasteiger partial charge in [0.2, 0.25) is 0 Å². The summed E-state index contributed by atoms with van der Waals surface area (Å²) in [6.45, 7) is 3.15. The van der Waals surface area contributed by atoms with E-state index >= 15 is 0 Å². The van der Waals surface area contributed by atoms with E-state index in [0.29, 0.717) is 24.8 Å². The fourth-order valence-electron chi connectivity index (χ4n) is 2.15. The van der Waals surface area contributed by atoms with Crippen molar-refractivity contribution < 1.29 is 9.53 Å². The molecule has 0 spiro atoms. The van der Waals surface area contributed by atoms with Crippen LogP contribution < -0.4 is 11.3 Å². The minimum absolute atomic E-state index is 0.0752. The number of nitrogens with one attached hydrogen (secondary N) is 1. The molecule has 0 saturated heterocycles. The Balaban J connectivity index is 2.14. The molecule has 0 radical (unpaired) electrons. The van der Waals surface area contributed by atoms with Gasteiger partial charge in [-0.2, -0.15) is 0 Å². The van der Waals surface area contributed by atoms with E-state index in [1.54, 1.807) is 7.11 Å². The fraction of sp³-hybridized carbons (Fsp3) is 0.500. The second-order valence-corrected chi connectivity index (χ2v) is 4.90. The monoisotopic (exact) mass is 263 g/mol. The van der Waals surface area contributed by atoms with Gasteiger partial charge in [0.15, 0.2) is 0 Å². The first kappa shape index (κ1) is 13.8. The van der Waals surface area contributed by atoms with Crippen LogP contribution in [0, 0.1) is 6.92 Å². The molecular weight excluding hydrogens is 242 g/mol. The quantitative estimate of drug-likeness (QED) is 0.603. The number of nitrogens with two attached hydrogens (primary N) is 1. The number of hydrazine groups is 1. The molecule has 1 aliphatic rings. The molecule has 1 aromatic rings. The fourth-order valence-corrected chi connectivity index (χ4v) is 2.15. The molecule has 3 N–H and O–H groups in total. The number of hydrogen-bond donors (Lipinski definition) is 2. The van der Waals surface area contributed by atoms with Crippen molar-refractivity contribution in [1.82, 2.24) is 4.90 Å². The Kier molecular flexibility index (Phi) is 4.39. The molecule has 0 aliphatic heterocycles. The summed E-state index contributed by atoms with van der Waals surface area (Å²) >= 11 is 0. The zero-order chi connectivity index (χ0) is 13.8. The van der Waals surface area contributed by atoms with Gasteiger partial charge in [0.05, 0.1) is 12.3 Å². The Hall–Kier alpha value is -1.59. The number of carbonyl (C=O) groups excluding carboxylic acids is 1. The van der Waals surface area contributed by atoms with Crippen LogP contribution in [0.25, 0.3) is 0 Å². The third-order valence-electron chi connectivity index (χ3n) is 3.41. The van der Waals surface area contributed by atoms with Gasteiger partial charge < -0.3 is 15.1 Å². The first-order valence-corrected chi connectivity index (χ1v) is 6.54. The Morgan fingerprint density at radius 1 is 1.53 bits per heavy atom. The summed E-state index contributed by atoms with van der Waals surface area (Å²) in [4.78, 5) is 14.4. The van der Waals surface area contributed by atoms with E-state index in [-0.39, 0.29) is 5.91 Å². The van der Waals surface area contributed by atoms with Crippen LogP contribution in [-0.4, -0.2) is 37.1 Å². The van der Waals surface area contributed by atoms with Crippen LogP contribution in [0.5, 0.6) is 0 Å². The summed E-state index contributed by atoms with van der Waals surface area (Å²) in [5.41, 5.74) is 5.13. The van der Waals surface area contributed by atoms with E-state index in [4.69, 9.17) is 10.6 Å². The lowest BCUT2D eigenvalue weighted by molar-refractivity contribution is 0.0680. The number of ether oxygens (including phenoxy) is 1. The van der Waals surface area contributed by atoms with E-state index in [9.17, 15) is 4.79 Å². The Bertz CT molecular complexity index is 458. The normalized spacial score (nSPS) is 14.3. The van der Waals surface area contributed by atoms with Crippen LogP contribution in [0.3, 0.4) is 0 Å². The zero-order valence-electron chi connectivity index (χ0n) is 11.5. The Labute approximate surface area is 113 Å². The third kappa shape index (κ3) is 3.24. The number of anilines is 1. The maximum atomic E-state index is 12.5. The summed E-state index contributed by atoms with van der Waals surface area (Å²) < 4.78 is 5.08. The van der Waals surface area contributed by atoms with Crippen LogP contribution >= 0.6 is 0 Å². The van der Waals surface area contributed by atoms with Crippen molar-refractivity contribution >= 4 is 11.6 Å². The van der Waals surface area contributed by atoms with E-state index < -0.39 is 0 Å². The van der Waals surface area contributed by atoms with Crippen molar-refractivity contribution in [3.63, 3.8) is 0 Å². The highest BCUT2D eigenvalue weighted by molar-refractivity contribution is 5.95. The molecule has 2 rings (SSSR count). The molecule has 19 heavy (non-hydrogen) atoms. The van der Waals surface area contributed by atoms with Crippen molar-refractivity contribution in [2.75, 3.05) is 25.7 Å². The number of amides is 1. The average Bonchev–Trinajstić information content (AvgIpc) is 3.23. The first-order valence-electron chi connectivity index (χ1n) is 6.54. The summed E-state index contributed by atoms with van der Waals surface area (Å²) in [6.07, 6.45) is 2.19. The van der Waals surface area contributed by atoms with Gasteiger partial charge >= 0.3 is 0 Å². The number of rotatable bonds is 6. The second kappa shape index (κ2) is 6.04. The highest BCUT2D eigenvalue weighted by Crippen LogP contribution is 2.28. The van der Waals surface area contributed by atoms with Crippen molar-refractivity contribution in [3.05, 3.63) is 29.3 Å². The van der Waals surface area contributed by atoms with Crippen molar-refractivity contribution in [2.45, 2.75) is 25.8 Å². The maximum Gasteiger partial charge on any atom is 0.254 e. The summed E-state index contributed by atoms with van der Waals surface area (Å²) in [5.74, 6) is 5.47. The van der Waals surface area contributed by atoms with Crippen LogP contribution in [0.1, 0.15) is 28.8 Å². The Morgan fingerprint density at radius 3 is 2.79 bits per heavy atom. The number of nitrogen functional groups attached to an aromatic ring is 1. The molecular formula is C14H21N3O2. The van der Waals surface area contributed by atoms with Gasteiger partial charge in [-0.15, -0.1) is 0 Å². The lowest BCUT2D eigenvalue weighted by Gasteiger charge is -2.22. The average molecular weight is 263 g/mol. The predicted molar refractivity (Wildman–Crippen MR) is 74.9 cm³/mol. The van der Waals surface area contributed by atoms with Crippen molar-refractivity contribution in [2.24, 2.45) is 5.84 Å². The van der Waals surface area contributed by atoms with Gasteiger partial charge in [-0.3, -0.25) is 10.6 Å². The molecule has 0 aromatic heterocycles. The molecule has 104 valence electrons. The van der Waals surface area contributed by atoms with Gasteiger partial charge in [-0.05, 0) is 43.5 Å². The molecule has 0 atom stereocenters. The van der Waals surface area contributed by atoms with Crippen LogP contribution in [0.15, 0.2) is 18.2 Å².